The highest BCUT2D eigenvalue weighted by atomic mass is 16.5. The minimum atomic E-state index is -0.948. The highest BCUT2D eigenvalue weighted by Crippen LogP contribution is 2.11. The molecule has 1 unspecified atom stereocenters. The Morgan fingerprint density at radius 3 is 2.56 bits per heavy atom. The van der Waals surface area contributed by atoms with Gasteiger partial charge in [-0.2, -0.15) is 5.26 Å². The summed E-state index contributed by atoms with van der Waals surface area (Å²) in [5.41, 5.74) is 1.48. The Morgan fingerprint density at radius 1 is 1.20 bits per heavy atom. The molecule has 0 bridgehead atoms. The van der Waals surface area contributed by atoms with Crippen molar-refractivity contribution in [3.8, 4) is 11.8 Å². The second kappa shape index (κ2) is 8.50. The van der Waals surface area contributed by atoms with Crippen LogP contribution < -0.4 is 10.1 Å². The van der Waals surface area contributed by atoms with Crippen molar-refractivity contribution < 1.29 is 19.1 Å². The van der Waals surface area contributed by atoms with Crippen molar-refractivity contribution in [1.29, 1.82) is 5.26 Å². The molecular formula is C19H18N2O4. The lowest BCUT2D eigenvalue weighted by Crippen LogP contribution is -2.35. The number of ether oxygens (including phenoxy) is 2. The van der Waals surface area contributed by atoms with Crippen LogP contribution in [0.15, 0.2) is 48.5 Å². The monoisotopic (exact) mass is 338 g/mol. The summed E-state index contributed by atoms with van der Waals surface area (Å²) in [6.45, 7) is 1.81. The molecule has 0 heterocycles. The molecule has 0 saturated heterocycles. The van der Waals surface area contributed by atoms with E-state index >= 15 is 0 Å². The van der Waals surface area contributed by atoms with Gasteiger partial charge in [-0.15, -0.1) is 0 Å². The fourth-order valence-electron chi connectivity index (χ4n) is 2.07. The number of hydrogen-bond acceptors (Lipinski definition) is 5. The van der Waals surface area contributed by atoms with Crippen LogP contribution in [0, 0.1) is 11.3 Å². The standard InChI is InChI=1S/C19H18N2O4/c1-13(25-19(23)16-5-3-4-15(10-16)11-20)18(22)21-12-14-6-8-17(24-2)9-7-14/h3-10,13H,12H2,1-2H3,(H,21,22). The molecule has 2 aromatic rings. The van der Waals surface area contributed by atoms with Crippen molar-refractivity contribution in [2.24, 2.45) is 0 Å². The molecule has 0 spiro atoms. The Balaban J connectivity index is 1.88. The van der Waals surface area contributed by atoms with Crippen LogP contribution in [-0.2, 0) is 16.1 Å². The van der Waals surface area contributed by atoms with Crippen LogP contribution in [0.3, 0.4) is 0 Å². The highest BCUT2D eigenvalue weighted by Gasteiger charge is 2.18. The largest absolute Gasteiger partial charge is 0.497 e. The predicted molar refractivity (Wildman–Crippen MR) is 90.9 cm³/mol. The predicted octanol–water partition coefficient (Wildman–Crippen LogP) is 2.43. The third-order valence-electron chi connectivity index (χ3n) is 3.51. The molecule has 2 aromatic carbocycles. The summed E-state index contributed by atoms with van der Waals surface area (Å²) in [5.74, 6) is -0.318. The summed E-state index contributed by atoms with van der Waals surface area (Å²) >= 11 is 0. The Labute approximate surface area is 146 Å². The highest BCUT2D eigenvalue weighted by molar-refractivity contribution is 5.92. The average Bonchev–Trinajstić information content (AvgIpc) is 2.66. The first-order chi connectivity index (χ1) is 12.0. The van der Waals surface area contributed by atoms with Crippen LogP contribution in [0.25, 0.3) is 0 Å². The van der Waals surface area contributed by atoms with Gasteiger partial charge in [0, 0.05) is 6.54 Å². The number of esters is 1. The number of nitrogens with one attached hydrogen (secondary N) is 1. The Bertz CT molecular complexity index is 794. The lowest BCUT2D eigenvalue weighted by atomic mass is 10.1. The fraction of sp³-hybridized carbons (Fsp3) is 0.211. The van der Waals surface area contributed by atoms with E-state index in [-0.39, 0.29) is 5.56 Å². The molecular weight excluding hydrogens is 320 g/mol. The van der Waals surface area contributed by atoms with E-state index < -0.39 is 18.0 Å². The minimum Gasteiger partial charge on any atom is -0.497 e. The van der Waals surface area contributed by atoms with E-state index in [0.29, 0.717) is 12.1 Å². The average molecular weight is 338 g/mol. The molecule has 128 valence electrons. The van der Waals surface area contributed by atoms with Gasteiger partial charge in [-0.05, 0) is 42.8 Å². The third-order valence-corrected chi connectivity index (χ3v) is 3.51. The van der Waals surface area contributed by atoms with Crippen molar-refractivity contribution in [3.05, 3.63) is 65.2 Å². The molecule has 6 nitrogen and oxygen atoms in total. The maximum atomic E-state index is 12.1. The number of amides is 1. The summed E-state index contributed by atoms with van der Waals surface area (Å²) < 4.78 is 10.2. The van der Waals surface area contributed by atoms with Crippen LogP contribution >= 0.6 is 0 Å². The van der Waals surface area contributed by atoms with Crippen molar-refractivity contribution in [3.63, 3.8) is 0 Å². The van der Waals surface area contributed by atoms with Gasteiger partial charge in [0.25, 0.3) is 5.91 Å². The number of hydrogen-bond donors (Lipinski definition) is 1. The summed E-state index contributed by atoms with van der Waals surface area (Å²) in [5, 5.41) is 11.6. The maximum Gasteiger partial charge on any atom is 0.338 e. The normalized spacial score (nSPS) is 11.1. The molecule has 1 atom stereocenters. The molecule has 0 aliphatic rings. The van der Waals surface area contributed by atoms with E-state index in [2.05, 4.69) is 5.32 Å². The molecule has 25 heavy (non-hydrogen) atoms. The van der Waals surface area contributed by atoms with Gasteiger partial charge < -0.3 is 14.8 Å². The topological polar surface area (TPSA) is 88.4 Å². The Morgan fingerprint density at radius 2 is 1.92 bits per heavy atom. The molecule has 0 aliphatic carbocycles. The SMILES string of the molecule is COc1ccc(CNC(=O)C(C)OC(=O)c2cccc(C#N)c2)cc1. The summed E-state index contributed by atoms with van der Waals surface area (Å²) in [6, 6.07) is 15.3. The Hall–Kier alpha value is -3.33. The van der Waals surface area contributed by atoms with Crippen LogP contribution in [0.4, 0.5) is 0 Å². The second-order valence-electron chi connectivity index (χ2n) is 5.31. The van der Waals surface area contributed by atoms with Crippen LogP contribution in [0.2, 0.25) is 0 Å². The number of carbonyl (C=O) groups is 2. The van der Waals surface area contributed by atoms with Crippen molar-refractivity contribution in [2.45, 2.75) is 19.6 Å². The first kappa shape index (κ1) is 18.0. The maximum absolute atomic E-state index is 12.1. The molecule has 1 amide bonds. The van der Waals surface area contributed by atoms with E-state index in [1.165, 1.54) is 19.1 Å². The lowest BCUT2D eigenvalue weighted by Gasteiger charge is -2.14. The number of carbonyl (C=O) groups excluding carboxylic acids is 2. The second-order valence-corrected chi connectivity index (χ2v) is 5.31. The lowest BCUT2D eigenvalue weighted by molar-refractivity contribution is -0.129. The van der Waals surface area contributed by atoms with Gasteiger partial charge in [0.05, 0.1) is 24.3 Å². The minimum absolute atomic E-state index is 0.230. The number of nitrogens with zero attached hydrogens (tertiary/aromatic N) is 1. The van der Waals surface area contributed by atoms with Crippen molar-refractivity contribution in [1.82, 2.24) is 5.32 Å². The molecule has 0 saturated carbocycles. The van der Waals surface area contributed by atoms with Crippen LogP contribution in [0.1, 0.15) is 28.4 Å². The molecule has 0 aromatic heterocycles. The van der Waals surface area contributed by atoms with E-state index in [1.807, 2.05) is 18.2 Å². The summed E-state index contributed by atoms with van der Waals surface area (Å²) in [6.07, 6.45) is -0.948. The molecule has 0 aliphatic heterocycles. The van der Waals surface area contributed by atoms with Gasteiger partial charge in [0.15, 0.2) is 6.10 Å². The summed E-state index contributed by atoms with van der Waals surface area (Å²) in [4.78, 5) is 24.1. The van der Waals surface area contributed by atoms with Crippen molar-refractivity contribution >= 4 is 11.9 Å². The van der Waals surface area contributed by atoms with E-state index in [4.69, 9.17) is 14.7 Å². The Kier molecular flexibility index (Phi) is 6.13. The summed E-state index contributed by atoms with van der Waals surface area (Å²) in [7, 11) is 1.58. The van der Waals surface area contributed by atoms with Gasteiger partial charge in [-0.3, -0.25) is 4.79 Å². The fourth-order valence-corrected chi connectivity index (χ4v) is 2.07. The quantitative estimate of drug-likeness (QED) is 0.817. The first-order valence-electron chi connectivity index (χ1n) is 7.65. The van der Waals surface area contributed by atoms with Gasteiger partial charge in [-0.1, -0.05) is 18.2 Å². The number of benzene rings is 2. The van der Waals surface area contributed by atoms with Crippen LogP contribution in [-0.4, -0.2) is 25.1 Å². The van der Waals surface area contributed by atoms with E-state index in [9.17, 15) is 9.59 Å². The molecule has 0 radical (unpaired) electrons. The molecule has 1 N–H and O–H groups in total. The third kappa shape index (κ3) is 5.08. The van der Waals surface area contributed by atoms with E-state index in [0.717, 1.165) is 11.3 Å². The van der Waals surface area contributed by atoms with Crippen molar-refractivity contribution in [2.75, 3.05) is 7.11 Å². The van der Waals surface area contributed by atoms with Gasteiger partial charge >= 0.3 is 5.97 Å². The zero-order valence-corrected chi connectivity index (χ0v) is 14.0. The van der Waals surface area contributed by atoms with Crippen LogP contribution in [0.5, 0.6) is 5.75 Å². The van der Waals surface area contributed by atoms with E-state index in [1.54, 1.807) is 31.4 Å². The molecule has 6 heteroatoms. The zero-order valence-electron chi connectivity index (χ0n) is 14.0. The van der Waals surface area contributed by atoms with Gasteiger partial charge in [0.1, 0.15) is 5.75 Å². The number of methoxy groups -OCH3 is 1. The van der Waals surface area contributed by atoms with Gasteiger partial charge in [0.2, 0.25) is 0 Å². The molecule has 2 rings (SSSR count). The van der Waals surface area contributed by atoms with Gasteiger partial charge in [-0.25, -0.2) is 4.79 Å². The zero-order chi connectivity index (χ0) is 18.2. The number of rotatable bonds is 6. The first-order valence-corrected chi connectivity index (χ1v) is 7.65. The number of nitriles is 1. The molecule has 0 fully saturated rings. The smallest absolute Gasteiger partial charge is 0.338 e.